The Morgan fingerprint density at radius 2 is 1.21 bits per heavy atom. The predicted octanol–water partition coefficient (Wildman–Crippen LogP) is 8.22. The maximum atomic E-state index is 13.1. The number of carboxylic acids is 1. The van der Waals surface area contributed by atoms with Crippen molar-refractivity contribution in [1.82, 2.24) is 28.7 Å². The lowest BCUT2D eigenvalue weighted by atomic mass is 10.1. The monoisotopic (exact) mass is 787 g/mol. The van der Waals surface area contributed by atoms with Gasteiger partial charge in [0.15, 0.2) is 5.65 Å². The number of carbonyl (C=O) groups is 2. The van der Waals surface area contributed by atoms with Gasteiger partial charge in [0.25, 0.3) is 5.91 Å². The number of nitrogens with one attached hydrogen (secondary N) is 1. The first-order valence-corrected chi connectivity index (χ1v) is 17.3. The molecule has 11 nitrogen and oxygen atoms in total. The number of alkyl halides is 6. The van der Waals surface area contributed by atoms with Crippen molar-refractivity contribution in [3.63, 3.8) is 0 Å². The average Bonchev–Trinajstić information content (AvgIpc) is 3.83. The molecule has 0 aliphatic carbocycles. The Morgan fingerprint density at radius 1 is 0.684 bits per heavy atom. The lowest BCUT2D eigenvalue weighted by Gasteiger charge is -2.26. The number of nitrogens with zero attached hydrogens (tertiary/aromatic N) is 6. The van der Waals surface area contributed by atoms with Crippen LogP contribution in [0.3, 0.4) is 0 Å². The number of aromatic nitrogens is 5. The first kappa shape index (κ1) is 38.7. The van der Waals surface area contributed by atoms with E-state index in [2.05, 4.69) is 25.2 Å². The minimum atomic E-state index is -4.45. The van der Waals surface area contributed by atoms with Crippen molar-refractivity contribution in [2.24, 2.45) is 0 Å². The zero-order valence-electron chi connectivity index (χ0n) is 29.6. The number of carbonyl (C=O) groups excluding carboxylic acids is 1. The number of benzene rings is 2. The normalized spacial score (nSPS) is 13.6. The molecule has 0 bridgehead atoms. The summed E-state index contributed by atoms with van der Waals surface area (Å²) in [5.74, 6) is -1.15. The van der Waals surface area contributed by atoms with Crippen molar-refractivity contribution in [3.8, 4) is 22.5 Å². The largest absolute Gasteiger partial charge is 0.478 e. The van der Waals surface area contributed by atoms with Crippen LogP contribution in [0.5, 0.6) is 0 Å². The summed E-state index contributed by atoms with van der Waals surface area (Å²) in [6, 6.07) is 21.4. The molecule has 6 heterocycles. The van der Waals surface area contributed by atoms with E-state index in [-0.39, 0.29) is 28.0 Å². The maximum Gasteiger partial charge on any atom is 0.416 e. The standard InChI is InChI=1S/C25H22F3N5O2.C15H9F3N2O2/c26-25(27,28)18-5-1-4-17(14-18)21-16-33-9-3-7-20(23(33)30-21)24(34)31-22-8-2-6-19(29-22)15-32-10-12-35-13-11-32;16-15(17,18)10-4-1-3-9(7-10)12-8-20-6-2-5-11(14(21)22)13(20)19-12/h1-9,14,16H,10-13,15H2,(H,29,31,34);1-8H,(H,21,22). The number of fused-ring (bicyclic) bond motifs is 2. The van der Waals surface area contributed by atoms with E-state index in [9.17, 15) is 35.9 Å². The summed E-state index contributed by atoms with van der Waals surface area (Å²) < 4.78 is 86.1. The minimum absolute atomic E-state index is 0.0132. The molecule has 0 spiro atoms. The Bertz CT molecular complexity index is 2580. The van der Waals surface area contributed by atoms with E-state index >= 15 is 0 Å². The summed E-state index contributed by atoms with van der Waals surface area (Å²) in [7, 11) is 0. The van der Waals surface area contributed by atoms with E-state index in [0.717, 1.165) is 43.0 Å². The first-order valence-electron chi connectivity index (χ1n) is 17.3. The molecule has 0 saturated carbocycles. The minimum Gasteiger partial charge on any atom is -0.478 e. The maximum absolute atomic E-state index is 13.1. The van der Waals surface area contributed by atoms with Gasteiger partial charge in [-0.25, -0.2) is 19.7 Å². The third-order valence-electron chi connectivity index (χ3n) is 8.95. The van der Waals surface area contributed by atoms with Gasteiger partial charge in [0.1, 0.15) is 17.0 Å². The van der Waals surface area contributed by atoms with Gasteiger partial charge in [-0.15, -0.1) is 0 Å². The van der Waals surface area contributed by atoms with Crippen LogP contribution in [-0.4, -0.2) is 71.9 Å². The summed E-state index contributed by atoms with van der Waals surface area (Å²) in [5, 5.41) is 11.9. The van der Waals surface area contributed by atoms with Gasteiger partial charge in [0, 0.05) is 55.5 Å². The second kappa shape index (κ2) is 15.9. The van der Waals surface area contributed by atoms with Crippen molar-refractivity contribution in [1.29, 1.82) is 0 Å². The van der Waals surface area contributed by atoms with Gasteiger partial charge in [-0.05, 0) is 60.7 Å². The van der Waals surface area contributed by atoms with Crippen LogP contribution >= 0.6 is 0 Å². The van der Waals surface area contributed by atoms with Gasteiger partial charge in [0.2, 0.25) is 0 Å². The molecule has 1 saturated heterocycles. The molecule has 0 atom stereocenters. The van der Waals surface area contributed by atoms with Crippen LogP contribution in [0.25, 0.3) is 33.8 Å². The van der Waals surface area contributed by atoms with E-state index in [1.54, 1.807) is 47.3 Å². The van der Waals surface area contributed by atoms with Gasteiger partial charge in [-0.3, -0.25) is 9.69 Å². The molecule has 7 aromatic rings. The van der Waals surface area contributed by atoms with Crippen molar-refractivity contribution in [2.75, 3.05) is 31.6 Å². The predicted molar refractivity (Wildman–Crippen MR) is 197 cm³/mol. The molecule has 292 valence electrons. The van der Waals surface area contributed by atoms with Crippen LogP contribution in [-0.2, 0) is 23.6 Å². The summed E-state index contributed by atoms with van der Waals surface area (Å²) in [6.45, 7) is 3.69. The molecule has 5 aromatic heterocycles. The highest BCUT2D eigenvalue weighted by molar-refractivity contribution is 6.08. The molecule has 57 heavy (non-hydrogen) atoms. The van der Waals surface area contributed by atoms with E-state index in [4.69, 9.17) is 9.84 Å². The van der Waals surface area contributed by atoms with Gasteiger partial charge in [-0.1, -0.05) is 30.3 Å². The molecule has 1 amide bonds. The quantitative estimate of drug-likeness (QED) is 0.155. The zero-order chi connectivity index (χ0) is 40.3. The van der Waals surface area contributed by atoms with Crippen LogP contribution in [0, 0.1) is 0 Å². The van der Waals surface area contributed by atoms with E-state index in [1.807, 2.05) is 12.1 Å². The van der Waals surface area contributed by atoms with Gasteiger partial charge in [-0.2, -0.15) is 26.3 Å². The van der Waals surface area contributed by atoms with Crippen molar-refractivity contribution >= 4 is 29.0 Å². The lowest BCUT2D eigenvalue weighted by Crippen LogP contribution is -2.35. The summed E-state index contributed by atoms with van der Waals surface area (Å²) >= 11 is 0. The average molecular weight is 788 g/mol. The highest BCUT2D eigenvalue weighted by atomic mass is 19.4. The van der Waals surface area contributed by atoms with E-state index < -0.39 is 35.4 Å². The third kappa shape index (κ3) is 8.95. The zero-order valence-corrected chi connectivity index (χ0v) is 29.6. The smallest absolute Gasteiger partial charge is 0.416 e. The van der Waals surface area contributed by atoms with Crippen LogP contribution in [0.1, 0.15) is 37.5 Å². The molecular formula is C40H31F6N7O4. The number of imidazole rings is 2. The number of ether oxygens (including phenoxy) is 1. The Kier molecular flexibility index (Phi) is 10.8. The van der Waals surface area contributed by atoms with Crippen LogP contribution in [0.4, 0.5) is 32.2 Å². The Hall–Kier alpha value is -6.59. The molecule has 0 radical (unpaired) electrons. The van der Waals surface area contributed by atoms with Crippen molar-refractivity contribution < 1.29 is 45.8 Å². The first-order chi connectivity index (χ1) is 27.2. The highest BCUT2D eigenvalue weighted by Crippen LogP contribution is 2.33. The highest BCUT2D eigenvalue weighted by Gasteiger charge is 2.31. The number of rotatable bonds is 7. The molecule has 1 aliphatic heterocycles. The number of hydrogen-bond donors (Lipinski definition) is 2. The summed E-state index contributed by atoms with van der Waals surface area (Å²) in [4.78, 5) is 39.6. The second-order valence-corrected chi connectivity index (χ2v) is 12.9. The Balaban J connectivity index is 0.000000194. The van der Waals surface area contributed by atoms with Gasteiger partial charge >= 0.3 is 18.3 Å². The summed E-state index contributed by atoms with van der Waals surface area (Å²) in [5.41, 5.74) is 1.28. The number of morpholine rings is 1. The van der Waals surface area contributed by atoms with Crippen LogP contribution in [0.2, 0.25) is 0 Å². The lowest BCUT2D eigenvalue weighted by molar-refractivity contribution is -0.138. The second-order valence-electron chi connectivity index (χ2n) is 12.9. The SMILES string of the molecule is O=C(Nc1cccc(CN2CCOCC2)n1)c1cccn2cc(-c3cccc(C(F)(F)F)c3)nc12.O=C(O)c1cccn2cc(-c3cccc(C(F)(F)F)c3)nc12. The number of pyridine rings is 3. The number of hydrogen-bond acceptors (Lipinski definition) is 7. The van der Waals surface area contributed by atoms with Gasteiger partial charge < -0.3 is 24.0 Å². The van der Waals surface area contributed by atoms with Crippen molar-refractivity contribution in [3.05, 3.63) is 144 Å². The van der Waals surface area contributed by atoms with E-state index in [0.29, 0.717) is 42.5 Å². The van der Waals surface area contributed by atoms with Gasteiger partial charge in [0.05, 0.1) is 47.0 Å². The third-order valence-corrected chi connectivity index (χ3v) is 8.95. The molecule has 2 N–H and O–H groups in total. The van der Waals surface area contributed by atoms with E-state index in [1.165, 1.54) is 40.9 Å². The number of amides is 1. The summed E-state index contributed by atoms with van der Waals surface area (Å²) in [6.07, 6.45) is -2.52. The fourth-order valence-electron chi connectivity index (χ4n) is 6.17. The van der Waals surface area contributed by atoms with Crippen LogP contribution < -0.4 is 5.32 Å². The number of halogens is 6. The molecule has 0 unspecified atom stereocenters. The molecule has 17 heteroatoms. The topological polar surface area (TPSA) is 126 Å². The fraction of sp³-hybridized carbons (Fsp3) is 0.175. The molecule has 8 rings (SSSR count). The van der Waals surface area contributed by atoms with Crippen molar-refractivity contribution in [2.45, 2.75) is 18.9 Å². The number of aromatic carboxylic acids is 1. The Morgan fingerprint density at radius 3 is 1.75 bits per heavy atom. The molecule has 1 aliphatic rings. The fourth-order valence-corrected chi connectivity index (χ4v) is 6.17. The number of anilines is 1. The molecular weight excluding hydrogens is 756 g/mol. The molecule has 2 aromatic carbocycles. The Labute approximate surface area is 319 Å². The van der Waals surface area contributed by atoms with Crippen LogP contribution in [0.15, 0.2) is 116 Å². The number of carboxylic acid groups (broad SMARTS) is 1. The molecule has 1 fully saturated rings.